The molecule has 7 nitrogen and oxygen atoms in total. The van der Waals surface area contributed by atoms with Crippen molar-refractivity contribution in [2.75, 3.05) is 25.1 Å². The first-order valence-electron chi connectivity index (χ1n) is 13.5. The minimum absolute atomic E-state index is 0.586. The van der Waals surface area contributed by atoms with E-state index in [-0.39, 0.29) is 0 Å². The zero-order chi connectivity index (χ0) is 26.3. The molecule has 1 saturated heterocycles. The van der Waals surface area contributed by atoms with Gasteiger partial charge in [0.1, 0.15) is 5.75 Å². The van der Waals surface area contributed by atoms with Crippen LogP contribution in [-0.2, 0) is 24.1 Å². The summed E-state index contributed by atoms with van der Waals surface area (Å²) in [5.41, 5.74) is 10.0. The lowest BCUT2D eigenvalue weighted by Gasteiger charge is -2.23. The van der Waals surface area contributed by atoms with Crippen LogP contribution >= 0.6 is 0 Å². The molecule has 0 bridgehead atoms. The van der Waals surface area contributed by atoms with Crippen molar-refractivity contribution in [2.45, 2.75) is 53.0 Å². The Morgan fingerprint density at radius 1 is 0.974 bits per heavy atom. The molecule has 0 unspecified atom stereocenters. The zero-order valence-electron chi connectivity index (χ0n) is 22.6. The maximum Gasteiger partial charge on any atom is 0.174 e. The van der Waals surface area contributed by atoms with Crippen LogP contribution in [0, 0.1) is 26.7 Å². The van der Waals surface area contributed by atoms with Gasteiger partial charge in [0, 0.05) is 31.9 Å². The van der Waals surface area contributed by atoms with Crippen LogP contribution in [0.3, 0.4) is 0 Å². The minimum Gasteiger partial charge on any atom is -0.493 e. The van der Waals surface area contributed by atoms with E-state index < -0.39 is 0 Å². The van der Waals surface area contributed by atoms with Crippen molar-refractivity contribution in [1.29, 1.82) is 0 Å². The molecular weight excluding hydrogens is 474 g/mol. The quantitative estimate of drug-likeness (QED) is 0.272. The number of anilines is 1. The second kappa shape index (κ2) is 12.2. The number of nitrogens with zero attached hydrogens (tertiary/aromatic N) is 3. The van der Waals surface area contributed by atoms with Gasteiger partial charge in [-0.2, -0.15) is 5.21 Å². The zero-order valence-corrected chi connectivity index (χ0v) is 22.6. The Balaban J connectivity index is 1.23. The van der Waals surface area contributed by atoms with Crippen molar-refractivity contribution in [2.24, 2.45) is 5.92 Å². The third-order valence-corrected chi connectivity index (χ3v) is 7.51. The van der Waals surface area contributed by atoms with E-state index in [0.717, 1.165) is 69.3 Å². The van der Waals surface area contributed by atoms with Crippen LogP contribution in [0.2, 0.25) is 0 Å². The van der Waals surface area contributed by atoms with Crippen LogP contribution in [0.5, 0.6) is 5.75 Å². The average Bonchev–Trinajstić information content (AvgIpc) is 3.46. The number of aryl methyl sites for hydroxylation is 4. The lowest BCUT2D eigenvalue weighted by molar-refractivity contribution is 0.0497. The molecular formula is C31H37N5O2. The van der Waals surface area contributed by atoms with Gasteiger partial charge in [-0.25, -0.2) is 0 Å². The maximum atomic E-state index is 6.21. The highest BCUT2D eigenvalue weighted by Gasteiger charge is 2.16. The summed E-state index contributed by atoms with van der Waals surface area (Å²) >= 11 is 0. The number of rotatable bonds is 10. The molecule has 3 aromatic carbocycles. The molecule has 1 aliphatic rings. The fourth-order valence-corrected chi connectivity index (χ4v) is 5.24. The molecule has 4 aromatic rings. The first kappa shape index (κ1) is 25.9. The van der Waals surface area contributed by atoms with Crippen molar-refractivity contribution in [3.05, 3.63) is 88.2 Å². The molecule has 0 spiro atoms. The Kier molecular flexibility index (Phi) is 8.34. The van der Waals surface area contributed by atoms with Crippen LogP contribution in [0.1, 0.15) is 46.5 Å². The van der Waals surface area contributed by atoms with Gasteiger partial charge < -0.3 is 14.8 Å². The number of hydrogen-bond donors (Lipinski definition) is 2. The van der Waals surface area contributed by atoms with Gasteiger partial charge in [-0.15, -0.1) is 10.2 Å². The van der Waals surface area contributed by atoms with Crippen molar-refractivity contribution in [1.82, 2.24) is 20.6 Å². The molecule has 38 heavy (non-hydrogen) atoms. The molecule has 1 aliphatic heterocycles. The van der Waals surface area contributed by atoms with Gasteiger partial charge in [0.05, 0.1) is 6.61 Å². The van der Waals surface area contributed by atoms with Gasteiger partial charge in [-0.3, -0.25) is 0 Å². The van der Waals surface area contributed by atoms with Gasteiger partial charge in [0.25, 0.3) is 0 Å². The Bertz CT molecular complexity index is 1310. The molecule has 2 heterocycles. The number of benzene rings is 3. The fourth-order valence-electron chi connectivity index (χ4n) is 5.24. The van der Waals surface area contributed by atoms with Crippen LogP contribution in [0.4, 0.5) is 5.69 Å². The van der Waals surface area contributed by atoms with E-state index in [0.29, 0.717) is 5.92 Å². The van der Waals surface area contributed by atoms with Gasteiger partial charge in [0.2, 0.25) is 0 Å². The average molecular weight is 512 g/mol. The molecule has 0 amide bonds. The van der Waals surface area contributed by atoms with Crippen LogP contribution < -0.4 is 10.1 Å². The summed E-state index contributed by atoms with van der Waals surface area (Å²) in [5, 5.41) is 17.8. The van der Waals surface area contributed by atoms with Crippen molar-refractivity contribution < 1.29 is 9.47 Å². The number of tetrazole rings is 1. The predicted octanol–water partition coefficient (Wildman–Crippen LogP) is 5.99. The number of hydrogen-bond acceptors (Lipinski definition) is 6. The topological polar surface area (TPSA) is 85.0 Å². The Labute approximate surface area is 225 Å². The molecule has 1 aromatic heterocycles. The summed E-state index contributed by atoms with van der Waals surface area (Å²) in [7, 11) is 0. The molecule has 7 heteroatoms. The molecule has 0 atom stereocenters. The molecule has 1 fully saturated rings. The Morgan fingerprint density at radius 3 is 2.45 bits per heavy atom. The van der Waals surface area contributed by atoms with E-state index >= 15 is 0 Å². The van der Waals surface area contributed by atoms with E-state index in [9.17, 15) is 0 Å². The van der Waals surface area contributed by atoms with Crippen LogP contribution in [-0.4, -0.2) is 40.4 Å². The summed E-state index contributed by atoms with van der Waals surface area (Å²) in [5.74, 6) is 2.29. The van der Waals surface area contributed by atoms with Crippen molar-refractivity contribution >= 4 is 5.69 Å². The number of ether oxygens (including phenoxy) is 2. The van der Waals surface area contributed by atoms with Gasteiger partial charge in [0.15, 0.2) is 5.82 Å². The molecule has 198 valence electrons. The third kappa shape index (κ3) is 6.40. The summed E-state index contributed by atoms with van der Waals surface area (Å²) < 4.78 is 11.7. The SMILES string of the molecule is Cc1cc(OCC2CCOCC2)cc(C)c1-c1cccc(CNc2ccc(CCc3nn[nH]n3)cc2)c1C. The summed E-state index contributed by atoms with van der Waals surface area (Å²) in [4.78, 5) is 0. The number of aromatic amines is 1. The monoisotopic (exact) mass is 511 g/mol. The summed E-state index contributed by atoms with van der Waals surface area (Å²) in [6.45, 7) is 9.84. The summed E-state index contributed by atoms with van der Waals surface area (Å²) in [6, 6.07) is 19.6. The Hall–Kier alpha value is -3.71. The highest BCUT2D eigenvalue weighted by atomic mass is 16.5. The fraction of sp³-hybridized carbons (Fsp3) is 0.387. The highest BCUT2D eigenvalue weighted by Crippen LogP contribution is 2.34. The predicted molar refractivity (Wildman–Crippen MR) is 150 cm³/mol. The lowest BCUT2D eigenvalue weighted by Crippen LogP contribution is -2.21. The number of nitrogens with one attached hydrogen (secondary N) is 2. The third-order valence-electron chi connectivity index (χ3n) is 7.51. The number of H-pyrrole nitrogens is 1. The largest absolute Gasteiger partial charge is 0.493 e. The lowest BCUT2D eigenvalue weighted by atomic mass is 9.90. The normalized spacial score (nSPS) is 14.0. The van der Waals surface area contributed by atoms with Crippen LogP contribution in [0.15, 0.2) is 54.6 Å². The maximum absolute atomic E-state index is 6.21. The molecule has 0 aliphatic carbocycles. The van der Waals surface area contributed by atoms with E-state index in [1.165, 1.54) is 38.9 Å². The van der Waals surface area contributed by atoms with E-state index in [2.05, 4.69) is 101 Å². The summed E-state index contributed by atoms with van der Waals surface area (Å²) in [6.07, 6.45) is 3.83. The van der Waals surface area contributed by atoms with Gasteiger partial charge in [-0.1, -0.05) is 35.5 Å². The highest BCUT2D eigenvalue weighted by molar-refractivity contribution is 5.75. The minimum atomic E-state index is 0.586. The second-order valence-electron chi connectivity index (χ2n) is 10.3. The van der Waals surface area contributed by atoms with Crippen LogP contribution in [0.25, 0.3) is 11.1 Å². The van der Waals surface area contributed by atoms with Crippen molar-refractivity contribution in [3.8, 4) is 16.9 Å². The molecule has 2 N–H and O–H groups in total. The molecule has 0 radical (unpaired) electrons. The van der Waals surface area contributed by atoms with E-state index in [1.807, 2.05) is 0 Å². The van der Waals surface area contributed by atoms with E-state index in [4.69, 9.17) is 9.47 Å². The standard InChI is InChI=1S/C31H37N5O2/c1-21-17-28(38-20-25-13-15-37-16-14-25)18-22(2)31(21)29-6-4-5-26(23(29)3)19-32-27-10-7-24(8-11-27)9-12-30-33-35-36-34-30/h4-8,10-11,17-18,25,32H,9,12-16,19-20H2,1-3H3,(H,33,34,35,36). The second-order valence-corrected chi connectivity index (χ2v) is 10.3. The Morgan fingerprint density at radius 2 is 1.74 bits per heavy atom. The first-order chi connectivity index (χ1) is 18.6. The van der Waals surface area contributed by atoms with Gasteiger partial charge in [-0.05, 0) is 109 Å². The van der Waals surface area contributed by atoms with Crippen molar-refractivity contribution in [3.63, 3.8) is 0 Å². The molecule has 5 rings (SSSR count). The van der Waals surface area contributed by atoms with Gasteiger partial charge >= 0.3 is 0 Å². The van der Waals surface area contributed by atoms with E-state index in [1.54, 1.807) is 0 Å². The number of aromatic nitrogens is 4. The first-order valence-corrected chi connectivity index (χ1v) is 13.5. The molecule has 0 saturated carbocycles. The smallest absolute Gasteiger partial charge is 0.174 e.